The number of carbonyl (C=O) groups excluding carboxylic acids is 1. The van der Waals surface area contributed by atoms with Gasteiger partial charge in [-0.2, -0.15) is 0 Å². The van der Waals surface area contributed by atoms with Gasteiger partial charge in [-0.25, -0.2) is 8.78 Å². The van der Waals surface area contributed by atoms with Crippen LogP contribution in [0.4, 0.5) is 8.78 Å². The van der Waals surface area contributed by atoms with E-state index in [9.17, 15) is 13.6 Å². The Kier molecular flexibility index (Phi) is 3.61. The molecule has 0 radical (unpaired) electrons. The highest BCUT2D eigenvalue weighted by atomic mass is 19.1. The molecule has 18 heavy (non-hydrogen) atoms. The predicted molar refractivity (Wildman–Crippen MR) is 64.5 cm³/mol. The van der Waals surface area contributed by atoms with E-state index in [1.54, 1.807) is 4.90 Å². The molecule has 0 aromatic heterocycles. The fourth-order valence-corrected chi connectivity index (χ4v) is 2.12. The van der Waals surface area contributed by atoms with Crippen molar-refractivity contribution in [2.45, 2.75) is 19.9 Å². The van der Waals surface area contributed by atoms with Gasteiger partial charge in [-0.3, -0.25) is 4.79 Å². The second-order valence-electron chi connectivity index (χ2n) is 4.63. The summed E-state index contributed by atoms with van der Waals surface area (Å²) in [7, 11) is 0. The van der Waals surface area contributed by atoms with Crippen LogP contribution in [0.1, 0.15) is 22.8 Å². The molecule has 1 N–H and O–H groups in total. The third-order valence-corrected chi connectivity index (χ3v) is 3.24. The van der Waals surface area contributed by atoms with Crippen molar-refractivity contribution in [1.82, 2.24) is 10.2 Å². The van der Waals surface area contributed by atoms with E-state index in [4.69, 9.17) is 0 Å². The first-order valence-electron chi connectivity index (χ1n) is 5.98. The van der Waals surface area contributed by atoms with Gasteiger partial charge in [-0.15, -0.1) is 0 Å². The Balaban J connectivity index is 2.30. The number of aryl methyl sites for hydroxylation is 1. The quantitative estimate of drug-likeness (QED) is 0.827. The zero-order valence-corrected chi connectivity index (χ0v) is 10.5. The average Bonchev–Trinajstić information content (AvgIpc) is 2.33. The first kappa shape index (κ1) is 13.0. The highest BCUT2D eigenvalue weighted by Crippen LogP contribution is 2.17. The molecule has 1 amide bonds. The number of carbonyl (C=O) groups is 1. The number of rotatable bonds is 1. The zero-order valence-electron chi connectivity index (χ0n) is 10.5. The Hall–Kier alpha value is -1.49. The number of amides is 1. The number of piperazine rings is 1. The largest absolute Gasteiger partial charge is 0.333 e. The van der Waals surface area contributed by atoms with Gasteiger partial charge in [0.1, 0.15) is 11.6 Å². The van der Waals surface area contributed by atoms with Crippen molar-refractivity contribution in [1.29, 1.82) is 0 Å². The molecule has 1 atom stereocenters. The SMILES string of the molecule is Cc1cc(C(=O)N2CCNCC2C)c(F)cc1F. The van der Waals surface area contributed by atoms with Crippen LogP contribution in [0.5, 0.6) is 0 Å². The topological polar surface area (TPSA) is 32.3 Å². The third-order valence-electron chi connectivity index (χ3n) is 3.24. The summed E-state index contributed by atoms with van der Waals surface area (Å²) >= 11 is 0. The number of nitrogens with one attached hydrogen (secondary N) is 1. The van der Waals surface area contributed by atoms with Gasteiger partial charge in [0.2, 0.25) is 0 Å². The minimum Gasteiger partial charge on any atom is -0.333 e. The molecule has 1 aromatic rings. The molecule has 1 saturated heterocycles. The van der Waals surface area contributed by atoms with E-state index >= 15 is 0 Å². The maximum absolute atomic E-state index is 13.7. The molecule has 98 valence electrons. The Morgan fingerprint density at radius 1 is 1.39 bits per heavy atom. The van der Waals surface area contributed by atoms with Crippen molar-refractivity contribution in [2.75, 3.05) is 19.6 Å². The van der Waals surface area contributed by atoms with Gasteiger partial charge in [0.25, 0.3) is 5.91 Å². The molecule has 1 fully saturated rings. The summed E-state index contributed by atoms with van der Waals surface area (Å²) in [5, 5.41) is 3.16. The molecule has 1 aromatic carbocycles. The van der Waals surface area contributed by atoms with Crippen LogP contribution >= 0.6 is 0 Å². The number of nitrogens with zero attached hydrogens (tertiary/aromatic N) is 1. The average molecular weight is 254 g/mol. The Morgan fingerprint density at radius 2 is 2.11 bits per heavy atom. The van der Waals surface area contributed by atoms with E-state index in [1.807, 2.05) is 6.92 Å². The first-order valence-corrected chi connectivity index (χ1v) is 5.98. The smallest absolute Gasteiger partial charge is 0.257 e. The molecule has 1 aliphatic heterocycles. The zero-order chi connectivity index (χ0) is 13.3. The van der Waals surface area contributed by atoms with E-state index in [0.29, 0.717) is 19.6 Å². The van der Waals surface area contributed by atoms with E-state index in [2.05, 4.69) is 5.32 Å². The standard InChI is InChI=1S/C13H16F2N2O/c1-8-5-10(12(15)6-11(8)14)13(18)17-4-3-16-7-9(17)2/h5-6,9,16H,3-4,7H2,1-2H3. The molecule has 1 unspecified atom stereocenters. The molecule has 0 aliphatic carbocycles. The van der Waals surface area contributed by atoms with Gasteiger partial charge in [-0.05, 0) is 25.5 Å². The normalized spacial score (nSPS) is 20.0. The molecule has 1 aliphatic rings. The first-order chi connectivity index (χ1) is 8.50. The summed E-state index contributed by atoms with van der Waals surface area (Å²) < 4.78 is 26.8. The van der Waals surface area contributed by atoms with Gasteiger partial charge in [0, 0.05) is 31.7 Å². The minimum absolute atomic E-state index is 0.0102. The lowest BCUT2D eigenvalue weighted by atomic mass is 10.1. The van der Waals surface area contributed by atoms with E-state index < -0.39 is 11.6 Å². The second kappa shape index (κ2) is 5.02. The van der Waals surface area contributed by atoms with Crippen LogP contribution in [0.2, 0.25) is 0 Å². The third kappa shape index (κ3) is 2.36. The summed E-state index contributed by atoms with van der Waals surface area (Å²) in [5.41, 5.74) is 0.227. The maximum Gasteiger partial charge on any atom is 0.257 e. The van der Waals surface area contributed by atoms with Crippen molar-refractivity contribution in [3.8, 4) is 0 Å². The molecule has 3 nitrogen and oxygen atoms in total. The lowest BCUT2D eigenvalue weighted by molar-refractivity contribution is 0.0650. The summed E-state index contributed by atoms with van der Waals surface area (Å²) in [6, 6.07) is 2.06. The number of hydrogen-bond donors (Lipinski definition) is 1. The fourth-order valence-electron chi connectivity index (χ4n) is 2.12. The van der Waals surface area contributed by atoms with Crippen LogP contribution in [-0.4, -0.2) is 36.5 Å². The van der Waals surface area contributed by atoms with E-state index in [-0.39, 0.29) is 23.1 Å². The van der Waals surface area contributed by atoms with Crippen LogP contribution in [-0.2, 0) is 0 Å². The maximum atomic E-state index is 13.7. The Morgan fingerprint density at radius 3 is 2.78 bits per heavy atom. The van der Waals surface area contributed by atoms with Crippen molar-refractivity contribution in [3.63, 3.8) is 0 Å². The van der Waals surface area contributed by atoms with E-state index in [1.165, 1.54) is 13.0 Å². The van der Waals surface area contributed by atoms with Crippen LogP contribution < -0.4 is 5.32 Å². The van der Waals surface area contributed by atoms with Gasteiger partial charge in [0.05, 0.1) is 5.56 Å². The van der Waals surface area contributed by atoms with Crippen molar-refractivity contribution in [2.24, 2.45) is 0 Å². The monoisotopic (exact) mass is 254 g/mol. The molecular formula is C13H16F2N2O. The van der Waals surface area contributed by atoms with Crippen LogP contribution in [0.15, 0.2) is 12.1 Å². The van der Waals surface area contributed by atoms with Gasteiger partial charge in [-0.1, -0.05) is 0 Å². The molecule has 5 heteroatoms. The highest BCUT2D eigenvalue weighted by Gasteiger charge is 2.26. The molecule has 2 rings (SSSR count). The highest BCUT2D eigenvalue weighted by molar-refractivity contribution is 5.95. The molecule has 0 bridgehead atoms. The summed E-state index contributed by atoms with van der Waals surface area (Å²) in [6.07, 6.45) is 0. The summed E-state index contributed by atoms with van der Waals surface area (Å²) in [6.45, 7) is 5.34. The van der Waals surface area contributed by atoms with Gasteiger partial charge in [0.15, 0.2) is 0 Å². The Bertz CT molecular complexity index is 476. The molecule has 0 saturated carbocycles. The Labute approximate surface area is 105 Å². The molecule has 0 spiro atoms. The van der Waals surface area contributed by atoms with Crippen molar-refractivity contribution < 1.29 is 13.6 Å². The lowest BCUT2D eigenvalue weighted by Crippen LogP contribution is -2.52. The number of halogens is 2. The predicted octanol–water partition coefficient (Wildman–Crippen LogP) is 1.71. The van der Waals surface area contributed by atoms with Crippen LogP contribution in [0.25, 0.3) is 0 Å². The fraction of sp³-hybridized carbons (Fsp3) is 0.462. The second-order valence-corrected chi connectivity index (χ2v) is 4.63. The number of benzene rings is 1. The summed E-state index contributed by atoms with van der Waals surface area (Å²) in [5.74, 6) is -1.80. The van der Waals surface area contributed by atoms with Crippen LogP contribution in [0, 0.1) is 18.6 Å². The molecular weight excluding hydrogens is 238 g/mol. The van der Waals surface area contributed by atoms with Crippen LogP contribution in [0.3, 0.4) is 0 Å². The summed E-state index contributed by atoms with van der Waals surface area (Å²) in [4.78, 5) is 13.8. The number of hydrogen-bond acceptors (Lipinski definition) is 2. The van der Waals surface area contributed by atoms with Crippen molar-refractivity contribution >= 4 is 5.91 Å². The van der Waals surface area contributed by atoms with Gasteiger partial charge < -0.3 is 10.2 Å². The molecule has 1 heterocycles. The van der Waals surface area contributed by atoms with Crippen molar-refractivity contribution in [3.05, 3.63) is 34.9 Å². The van der Waals surface area contributed by atoms with E-state index in [0.717, 1.165) is 6.07 Å². The lowest BCUT2D eigenvalue weighted by Gasteiger charge is -2.34. The minimum atomic E-state index is -0.797. The van der Waals surface area contributed by atoms with Gasteiger partial charge >= 0.3 is 0 Å².